The van der Waals surface area contributed by atoms with E-state index in [0.29, 0.717) is 12.4 Å². The fourth-order valence-electron chi connectivity index (χ4n) is 2.29. The first-order chi connectivity index (χ1) is 9.78. The van der Waals surface area contributed by atoms with Gasteiger partial charge in [-0.1, -0.05) is 0 Å². The molecule has 1 saturated carbocycles. The summed E-state index contributed by atoms with van der Waals surface area (Å²) in [6.07, 6.45) is 4.17. The van der Waals surface area contributed by atoms with E-state index in [0.717, 1.165) is 17.7 Å². The van der Waals surface area contributed by atoms with Gasteiger partial charge in [0.1, 0.15) is 5.76 Å². The molecule has 0 bridgehead atoms. The average Bonchev–Trinajstić information content (AvgIpc) is 3.11. The molecule has 20 heavy (non-hydrogen) atoms. The predicted octanol–water partition coefficient (Wildman–Crippen LogP) is 2.10. The molecule has 0 saturated heterocycles. The topological polar surface area (TPSA) is 64.4 Å². The lowest BCUT2D eigenvalue weighted by atomic mass is 10.2. The molecule has 2 heterocycles. The molecule has 0 aromatic carbocycles. The molecule has 0 radical (unpaired) electrons. The van der Waals surface area contributed by atoms with E-state index in [9.17, 15) is 4.79 Å². The van der Waals surface area contributed by atoms with Crippen LogP contribution < -0.4 is 10.1 Å². The van der Waals surface area contributed by atoms with Crippen molar-refractivity contribution in [3.63, 3.8) is 0 Å². The molecule has 5 heteroatoms. The maximum absolute atomic E-state index is 12.0. The smallest absolute Gasteiger partial charge is 0.224 e. The molecule has 3 rings (SSSR count). The summed E-state index contributed by atoms with van der Waals surface area (Å²) in [5.74, 6) is 1.79. The normalized spacial score (nSPS) is 20.4. The summed E-state index contributed by atoms with van der Waals surface area (Å²) >= 11 is 0. The highest BCUT2D eigenvalue weighted by molar-refractivity contribution is 5.82. The molecule has 1 aliphatic carbocycles. The summed E-state index contributed by atoms with van der Waals surface area (Å²) in [5.41, 5.74) is 0.973. The summed E-state index contributed by atoms with van der Waals surface area (Å²) in [4.78, 5) is 16.1. The fraction of sp³-hybridized carbons (Fsp3) is 0.333. The zero-order valence-electron chi connectivity index (χ0n) is 11.2. The van der Waals surface area contributed by atoms with E-state index in [1.807, 2.05) is 24.3 Å². The van der Waals surface area contributed by atoms with Crippen LogP contribution in [0.15, 0.2) is 41.1 Å². The zero-order chi connectivity index (χ0) is 13.9. The molecule has 5 nitrogen and oxygen atoms in total. The SMILES string of the molecule is COc1cc(CNC(=O)C2CC2c2ccco2)ccn1. The fourth-order valence-corrected chi connectivity index (χ4v) is 2.29. The van der Waals surface area contributed by atoms with Gasteiger partial charge in [0.25, 0.3) is 0 Å². The van der Waals surface area contributed by atoms with Gasteiger partial charge in [0.2, 0.25) is 11.8 Å². The number of hydrogen-bond donors (Lipinski definition) is 1. The van der Waals surface area contributed by atoms with Crippen molar-refractivity contribution < 1.29 is 13.9 Å². The highest BCUT2D eigenvalue weighted by Gasteiger charge is 2.45. The van der Waals surface area contributed by atoms with Crippen molar-refractivity contribution >= 4 is 5.91 Å². The quantitative estimate of drug-likeness (QED) is 0.905. The molecular formula is C15H16N2O3. The Labute approximate surface area is 117 Å². The number of carbonyl (C=O) groups excluding carboxylic acids is 1. The molecule has 2 aromatic rings. The summed E-state index contributed by atoms with van der Waals surface area (Å²) in [6.45, 7) is 0.485. The van der Waals surface area contributed by atoms with Crippen LogP contribution in [-0.4, -0.2) is 18.0 Å². The van der Waals surface area contributed by atoms with E-state index in [1.54, 1.807) is 19.6 Å². The Hall–Kier alpha value is -2.30. The minimum Gasteiger partial charge on any atom is -0.481 e. The van der Waals surface area contributed by atoms with Gasteiger partial charge in [0.05, 0.1) is 13.4 Å². The van der Waals surface area contributed by atoms with Crippen molar-refractivity contribution in [2.45, 2.75) is 18.9 Å². The summed E-state index contributed by atoms with van der Waals surface area (Å²) in [5, 5.41) is 2.94. The third-order valence-electron chi connectivity index (χ3n) is 3.51. The van der Waals surface area contributed by atoms with Crippen LogP contribution in [0.4, 0.5) is 0 Å². The lowest BCUT2D eigenvalue weighted by molar-refractivity contribution is -0.122. The number of nitrogens with one attached hydrogen (secondary N) is 1. The van der Waals surface area contributed by atoms with Crippen molar-refractivity contribution in [1.82, 2.24) is 10.3 Å². The van der Waals surface area contributed by atoms with Gasteiger partial charge in [-0.25, -0.2) is 4.98 Å². The Kier molecular flexibility index (Phi) is 3.41. The number of aromatic nitrogens is 1. The summed E-state index contributed by atoms with van der Waals surface area (Å²) in [7, 11) is 1.57. The van der Waals surface area contributed by atoms with Crippen molar-refractivity contribution in [2.75, 3.05) is 7.11 Å². The van der Waals surface area contributed by atoms with Gasteiger partial charge in [-0.15, -0.1) is 0 Å². The highest BCUT2D eigenvalue weighted by Crippen LogP contribution is 2.47. The second kappa shape index (κ2) is 5.36. The van der Waals surface area contributed by atoms with E-state index in [2.05, 4.69) is 10.3 Å². The van der Waals surface area contributed by atoms with Crippen molar-refractivity contribution in [1.29, 1.82) is 0 Å². The maximum Gasteiger partial charge on any atom is 0.224 e. The van der Waals surface area contributed by atoms with Crippen LogP contribution in [-0.2, 0) is 11.3 Å². The van der Waals surface area contributed by atoms with Crippen LogP contribution in [0, 0.1) is 5.92 Å². The molecule has 2 aromatic heterocycles. The Morgan fingerprint density at radius 3 is 3.20 bits per heavy atom. The van der Waals surface area contributed by atoms with Gasteiger partial charge >= 0.3 is 0 Å². The first-order valence-corrected chi connectivity index (χ1v) is 6.58. The lowest BCUT2D eigenvalue weighted by Crippen LogP contribution is -2.24. The van der Waals surface area contributed by atoms with Crippen LogP contribution >= 0.6 is 0 Å². The Morgan fingerprint density at radius 1 is 1.55 bits per heavy atom. The molecule has 0 aliphatic heterocycles. The van der Waals surface area contributed by atoms with E-state index in [-0.39, 0.29) is 17.7 Å². The largest absolute Gasteiger partial charge is 0.481 e. The van der Waals surface area contributed by atoms with Gasteiger partial charge in [-0.3, -0.25) is 4.79 Å². The third kappa shape index (κ3) is 2.66. The number of pyridine rings is 1. The van der Waals surface area contributed by atoms with Crippen molar-refractivity contribution in [3.8, 4) is 5.88 Å². The van der Waals surface area contributed by atoms with Crippen molar-refractivity contribution in [2.24, 2.45) is 5.92 Å². The van der Waals surface area contributed by atoms with Crippen molar-refractivity contribution in [3.05, 3.63) is 48.0 Å². The highest BCUT2D eigenvalue weighted by atomic mass is 16.5. The van der Waals surface area contributed by atoms with Gasteiger partial charge < -0.3 is 14.5 Å². The number of furan rings is 1. The minimum absolute atomic E-state index is 0.0323. The first-order valence-electron chi connectivity index (χ1n) is 6.58. The number of methoxy groups -OCH3 is 1. The Bertz CT molecular complexity index is 595. The first kappa shape index (κ1) is 12.7. The number of amides is 1. The minimum atomic E-state index is 0.0323. The second-order valence-electron chi connectivity index (χ2n) is 4.89. The number of nitrogens with zero attached hydrogens (tertiary/aromatic N) is 1. The van der Waals surface area contributed by atoms with Crippen LogP contribution in [0.1, 0.15) is 23.7 Å². The third-order valence-corrected chi connectivity index (χ3v) is 3.51. The Morgan fingerprint density at radius 2 is 2.45 bits per heavy atom. The maximum atomic E-state index is 12.0. The van der Waals surface area contributed by atoms with Crippen LogP contribution in [0.25, 0.3) is 0 Å². The monoisotopic (exact) mass is 272 g/mol. The Balaban J connectivity index is 1.53. The number of hydrogen-bond acceptors (Lipinski definition) is 4. The molecule has 2 unspecified atom stereocenters. The molecule has 1 aliphatic rings. The van der Waals surface area contributed by atoms with Gasteiger partial charge in [-0.2, -0.15) is 0 Å². The lowest BCUT2D eigenvalue weighted by Gasteiger charge is -2.06. The average molecular weight is 272 g/mol. The molecule has 1 amide bonds. The molecule has 2 atom stereocenters. The second-order valence-corrected chi connectivity index (χ2v) is 4.89. The predicted molar refractivity (Wildman–Crippen MR) is 72.2 cm³/mol. The van der Waals surface area contributed by atoms with Gasteiger partial charge in [0, 0.05) is 30.6 Å². The summed E-state index contributed by atoms with van der Waals surface area (Å²) < 4.78 is 10.4. The van der Waals surface area contributed by atoms with Crippen LogP contribution in [0.3, 0.4) is 0 Å². The van der Waals surface area contributed by atoms with E-state index >= 15 is 0 Å². The summed E-state index contributed by atoms with van der Waals surface area (Å²) in [6, 6.07) is 7.45. The molecule has 0 spiro atoms. The molecule has 1 N–H and O–H groups in total. The number of rotatable bonds is 5. The van der Waals surface area contributed by atoms with E-state index in [4.69, 9.17) is 9.15 Å². The molecular weight excluding hydrogens is 256 g/mol. The molecule has 1 fully saturated rings. The van der Waals surface area contributed by atoms with Crippen LogP contribution in [0.5, 0.6) is 5.88 Å². The standard InChI is InChI=1S/C15H16N2O3/c1-19-14-7-10(4-5-16-14)9-17-15(18)12-8-11(12)13-3-2-6-20-13/h2-7,11-12H,8-9H2,1H3,(H,17,18). The van der Waals surface area contributed by atoms with Gasteiger partial charge in [0.15, 0.2) is 0 Å². The number of ether oxygens (including phenoxy) is 1. The van der Waals surface area contributed by atoms with E-state index in [1.165, 1.54) is 0 Å². The van der Waals surface area contributed by atoms with Gasteiger partial charge in [-0.05, 0) is 30.2 Å². The molecule has 104 valence electrons. The van der Waals surface area contributed by atoms with Crippen LogP contribution in [0.2, 0.25) is 0 Å². The zero-order valence-corrected chi connectivity index (χ0v) is 11.2. The van der Waals surface area contributed by atoms with E-state index < -0.39 is 0 Å². The number of carbonyl (C=O) groups is 1.